The molecular formula is C16H16ClNO2. The molecule has 0 radical (unpaired) electrons. The molecule has 0 aliphatic carbocycles. The van der Waals surface area contributed by atoms with Crippen molar-refractivity contribution in [1.82, 2.24) is 0 Å². The summed E-state index contributed by atoms with van der Waals surface area (Å²) in [5, 5.41) is 20.3. The van der Waals surface area contributed by atoms with Crippen molar-refractivity contribution in [2.24, 2.45) is 4.99 Å². The molecule has 3 nitrogen and oxygen atoms in total. The van der Waals surface area contributed by atoms with Gasteiger partial charge in [-0.25, -0.2) is 0 Å². The van der Waals surface area contributed by atoms with Crippen LogP contribution in [0, 0.1) is 0 Å². The van der Waals surface area contributed by atoms with Gasteiger partial charge in [0.05, 0.1) is 6.61 Å². The van der Waals surface area contributed by atoms with E-state index in [1.54, 1.807) is 18.3 Å². The molecule has 4 heteroatoms. The third-order valence-electron chi connectivity index (χ3n) is 2.98. The van der Waals surface area contributed by atoms with Crippen LogP contribution in [0.5, 0.6) is 0 Å². The third-order valence-corrected chi connectivity index (χ3v) is 3.23. The van der Waals surface area contributed by atoms with Gasteiger partial charge in [0.25, 0.3) is 0 Å². The fraction of sp³-hybridized carbons (Fsp3) is 0.188. The molecule has 1 unspecified atom stereocenters. The van der Waals surface area contributed by atoms with Crippen LogP contribution in [0.25, 0.3) is 0 Å². The Balaban J connectivity index is 2.10. The SMILES string of the molecule is OC[C@H](N=Cc1ccc(Cl)cc1)C(O)c1ccccc1. The summed E-state index contributed by atoms with van der Waals surface area (Å²) in [6.45, 7) is -0.222. The van der Waals surface area contributed by atoms with Crippen molar-refractivity contribution < 1.29 is 10.2 Å². The van der Waals surface area contributed by atoms with Crippen LogP contribution in [-0.4, -0.2) is 29.1 Å². The number of rotatable bonds is 5. The van der Waals surface area contributed by atoms with E-state index in [1.807, 2.05) is 42.5 Å². The van der Waals surface area contributed by atoms with Crippen molar-refractivity contribution in [1.29, 1.82) is 0 Å². The molecule has 104 valence electrons. The molecule has 0 aliphatic heterocycles. The first-order chi connectivity index (χ1) is 9.70. The van der Waals surface area contributed by atoms with Crippen LogP contribution in [0.4, 0.5) is 0 Å². The average Bonchev–Trinajstić information content (AvgIpc) is 2.50. The lowest BCUT2D eigenvalue weighted by Crippen LogP contribution is -2.20. The van der Waals surface area contributed by atoms with Crippen LogP contribution in [0.15, 0.2) is 59.6 Å². The minimum Gasteiger partial charge on any atom is -0.394 e. The number of hydrogen-bond donors (Lipinski definition) is 2. The van der Waals surface area contributed by atoms with Crippen molar-refractivity contribution in [2.75, 3.05) is 6.61 Å². The minimum atomic E-state index is -0.829. The van der Waals surface area contributed by atoms with E-state index in [9.17, 15) is 10.2 Å². The molecule has 2 N–H and O–H groups in total. The largest absolute Gasteiger partial charge is 0.394 e. The maximum absolute atomic E-state index is 10.2. The van der Waals surface area contributed by atoms with E-state index in [2.05, 4.69) is 4.99 Å². The van der Waals surface area contributed by atoms with Crippen LogP contribution in [0.3, 0.4) is 0 Å². The van der Waals surface area contributed by atoms with Crippen molar-refractivity contribution in [3.63, 3.8) is 0 Å². The maximum atomic E-state index is 10.2. The lowest BCUT2D eigenvalue weighted by Gasteiger charge is -2.17. The second kappa shape index (κ2) is 7.20. The predicted octanol–water partition coefficient (Wildman–Crippen LogP) is 2.85. The van der Waals surface area contributed by atoms with E-state index in [0.717, 1.165) is 11.1 Å². The minimum absolute atomic E-state index is 0.222. The molecule has 2 atom stereocenters. The lowest BCUT2D eigenvalue weighted by atomic mass is 10.0. The van der Waals surface area contributed by atoms with E-state index >= 15 is 0 Å². The van der Waals surface area contributed by atoms with Crippen molar-refractivity contribution in [3.8, 4) is 0 Å². The van der Waals surface area contributed by atoms with Gasteiger partial charge in [0.1, 0.15) is 12.1 Å². The highest BCUT2D eigenvalue weighted by molar-refractivity contribution is 6.30. The molecule has 0 spiro atoms. The van der Waals surface area contributed by atoms with E-state index < -0.39 is 12.1 Å². The lowest BCUT2D eigenvalue weighted by molar-refractivity contribution is 0.111. The number of aliphatic hydroxyl groups is 2. The van der Waals surface area contributed by atoms with Gasteiger partial charge in [-0.15, -0.1) is 0 Å². The highest BCUT2D eigenvalue weighted by atomic mass is 35.5. The normalized spacial score (nSPS) is 14.3. The van der Waals surface area contributed by atoms with Crippen LogP contribution in [0.1, 0.15) is 17.2 Å². The van der Waals surface area contributed by atoms with Crippen LogP contribution in [-0.2, 0) is 0 Å². The molecule has 20 heavy (non-hydrogen) atoms. The second-order valence-corrected chi connectivity index (χ2v) is 4.87. The van der Waals surface area contributed by atoms with Gasteiger partial charge in [-0.05, 0) is 23.3 Å². The van der Waals surface area contributed by atoms with Gasteiger partial charge in [-0.2, -0.15) is 0 Å². The van der Waals surface area contributed by atoms with E-state index in [1.165, 1.54) is 0 Å². The smallest absolute Gasteiger partial charge is 0.104 e. The summed E-state index contributed by atoms with van der Waals surface area (Å²) >= 11 is 5.81. The highest BCUT2D eigenvalue weighted by Crippen LogP contribution is 2.18. The second-order valence-electron chi connectivity index (χ2n) is 4.44. The molecule has 2 rings (SSSR count). The monoisotopic (exact) mass is 289 g/mol. The Bertz CT molecular complexity index is 554. The van der Waals surface area contributed by atoms with Crippen molar-refractivity contribution in [3.05, 3.63) is 70.7 Å². The fourth-order valence-electron chi connectivity index (χ4n) is 1.83. The van der Waals surface area contributed by atoms with Gasteiger partial charge < -0.3 is 10.2 Å². The number of benzene rings is 2. The fourth-order valence-corrected chi connectivity index (χ4v) is 1.96. The Morgan fingerprint density at radius 1 is 1.05 bits per heavy atom. The Morgan fingerprint density at radius 2 is 1.70 bits per heavy atom. The molecule has 0 bridgehead atoms. The third kappa shape index (κ3) is 3.90. The van der Waals surface area contributed by atoms with Gasteiger partial charge in [0.15, 0.2) is 0 Å². The molecule has 0 saturated carbocycles. The van der Waals surface area contributed by atoms with Crippen molar-refractivity contribution in [2.45, 2.75) is 12.1 Å². The van der Waals surface area contributed by atoms with Crippen molar-refractivity contribution >= 4 is 17.8 Å². The number of aliphatic hydroxyl groups excluding tert-OH is 2. The molecule has 0 amide bonds. The molecular weight excluding hydrogens is 274 g/mol. The highest BCUT2D eigenvalue weighted by Gasteiger charge is 2.18. The Labute approximate surface area is 123 Å². The topological polar surface area (TPSA) is 52.8 Å². The summed E-state index contributed by atoms with van der Waals surface area (Å²) < 4.78 is 0. The van der Waals surface area contributed by atoms with Gasteiger partial charge in [0, 0.05) is 11.2 Å². The molecule has 0 heterocycles. The predicted molar refractivity (Wildman–Crippen MR) is 81.3 cm³/mol. The van der Waals surface area contributed by atoms with Gasteiger partial charge in [-0.3, -0.25) is 4.99 Å². The first-order valence-electron chi connectivity index (χ1n) is 6.33. The summed E-state index contributed by atoms with van der Waals surface area (Å²) in [7, 11) is 0. The first-order valence-corrected chi connectivity index (χ1v) is 6.71. The maximum Gasteiger partial charge on any atom is 0.104 e. The molecule has 2 aromatic carbocycles. The Morgan fingerprint density at radius 3 is 2.30 bits per heavy atom. The molecule has 2 aromatic rings. The zero-order valence-corrected chi connectivity index (χ0v) is 11.6. The van der Waals surface area contributed by atoms with Gasteiger partial charge >= 0.3 is 0 Å². The first kappa shape index (κ1) is 14.7. The number of aliphatic imine (C=N–C) groups is 1. The summed E-state index contributed by atoms with van der Waals surface area (Å²) in [6.07, 6.45) is 0.799. The van der Waals surface area contributed by atoms with Crippen LogP contribution in [0.2, 0.25) is 5.02 Å². The molecule has 0 aliphatic rings. The average molecular weight is 290 g/mol. The van der Waals surface area contributed by atoms with E-state index in [4.69, 9.17) is 11.6 Å². The molecule has 0 fully saturated rings. The quantitative estimate of drug-likeness (QED) is 0.832. The summed E-state index contributed by atoms with van der Waals surface area (Å²) in [5.41, 5.74) is 1.60. The number of nitrogens with zero attached hydrogens (tertiary/aromatic N) is 1. The summed E-state index contributed by atoms with van der Waals surface area (Å²) in [5.74, 6) is 0. The van der Waals surface area contributed by atoms with E-state index in [-0.39, 0.29) is 6.61 Å². The Hall–Kier alpha value is -1.68. The number of halogens is 1. The molecule has 0 saturated heterocycles. The summed E-state index contributed by atoms with van der Waals surface area (Å²) in [4.78, 5) is 4.25. The van der Waals surface area contributed by atoms with Gasteiger partial charge in [-0.1, -0.05) is 54.1 Å². The van der Waals surface area contributed by atoms with Gasteiger partial charge in [0.2, 0.25) is 0 Å². The standard InChI is InChI=1S/C16H16ClNO2/c17-14-8-6-12(7-9-14)10-18-15(11-19)16(20)13-4-2-1-3-5-13/h1-10,15-16,19-20H,11H2/t15-,16?/m0/s1. The number of hydrogen-bond acceptors (Lipinski definition) is 3. The Kier molecular flexibility index (Phi) is 5.30. The van der Waals surface area contributed by atoms with E-state index in [0.29, 0.717) is 5.02 Å². The van der Waals surface area contributed by atoms with Crippen LogP contribution < -0.4 is 0 Å². The zero-order chi connectivity index (χ0) is 14.4. The molecule has 0 aromatic heterocycles. The van der Waals surface area contributed by atoms with Crippen LogP contribution >= 0.6 is 11.6 Å². The zero-order valence-electron chi connectivity index (χ0n) is 10.9. The summed E-state index contributed by atoms with van der Waals surface area (Å²) in [6, 6.07) is 15.8.